The molecule has 4 nitrogen and oxygen atoms in total. The maximum absolute atomic E-state index is 4.50. The lowest BCUT2D eigenvalue weighted by Crippen LogP contribution is -2.04. The average Bonchev–Trinajstić information content (AvgIpc) is 2.36. The number of nitrogens with zero attached hydrogens (tertiary/aromatic N) is 3. The lowest BCUT2D eigenvalue weighted by atomic mass is 10.2. The highest BCUT2D eigenvalue weighted by Gasteiger charge is 2.09. The molecule has 5 heteroatoms. The van der Waals surface area contributed by atoms with Crippen LogP contribution in [0, 0.1) is 6.92 Å². The highest BCUT2D eigenvalue weighted by molar-refractivity contribution is 9.10. The summed E-state index contributed by atoms with van der Waals surface area (Å²) in [6.45, 7) is 4.82. The fourth-order valence-corrected chi connectivity index (χ4v) is 1.79. The van der Waals surface area contributed by atoms with Crippen LogP contribution in [-0.2, 0) is 0 Å². The number of aromatic nitrogens is 3. The first-order valence-electron chi connectivity index (χ1n) is 5.40. The smallest absolute Gasteiger partial charge is 0.161 e. The third-order valence-electron chi connectivity index (χ3n) is 2.30. The van der Waals surface area contributed by atoms with E-state index in [4.69, 9.17) is 0 Å². The number of nitrogens with one attached hydrogen (secondary N) is 1. The van der Waals surface area contributed by atoms with Gasteiger partial charge < -0.3 is 5.32 Å². The molecule has 0 spiro atoms. The van der Waals surface area contributed by atoms with Crippen molar-refractivity contribution in [1.82, 2.24) is 15.0 Å². The zero-order valence-corrected chi connectivity index (χ0v) is 11.3. The lowest BCUT2D eigenvalue weighted by Gasteiger charge is -2.09. The first-order valence-corrected chi connectivity index (χ1v) is 6.20. The Labute approximate surface area is 109 Å². The molecular weight excluding hydrogens is 280 g/mol. The Balaban J connectivity index is 2.49. The quantitative estimate of drug-likeness (QED) is 0.945. The molecule has 0 aliphatic rings. The third kappa shape index (κ3) is 2.61. The van der Waals surface area contributed by atoms with Gasteiger partial charge in [-0.25, -0.2) is 9.97 Å². The van der Waals surface area contributed by atoms with Gasteiger partial charge >= 0.3 is 0 Å². The highest BCUT2D eigenvalue weighted by Crippen LogP contribution is 2.26. The molecule has 0 radical (unpaired) electrons. The second kappa shape index (κ2) is 5.23. The van der Waals surface area contributed by atoms with Gasteiger partial charge in [0.1, 0.15) is 5.82 Å². The van der Waals surface area contributed by atoms with Crippen LogP contribution in [0.25, 0.3) is 11.4 Å². The van der Waals surface area contributed by atoms with Gasteiger partial charge in [0.15, 0.2) is 5.82 Å². The molecule has 2 aromatic rings. The van der Waals surface area contributed by atoms with E-state index in [1.54, 1.807) is 12.4 Å². The van der Waals surface area contributed by atoms with Gasteiger partial charge in [0.05, 0.1) is 10.2 Å². The van der Waals surface area contributed by atoms with Gasteiger partial charge in [0, 0.05) is 24.5 Å². The molecule has 2 heterocycles. The molecule has 0 atom stereocenters. The summed E-state index contributed by atoms with van der Waals surface area (Å²) < 4.78 is 0.914. The molecule has 0 aromatic carbocycles. The van der Waals surface area contributed by atoms with Crippen LogP contribution in [0.3, 0.4) is 0 Å². The molecule has 0 saturated heterocycles. The minimum absolute atomic E-state index is 0.712. The molecule has 0 unspecified atom stereocenters. The van der Waals surface area contributed by atoms with Crippen molar-refractivity contribution < 1.29 is 0 Å². The van der Waals surface area contributed by atoms with Crippen LogP contribution in [-0.4, -0.2) is 21.5 Å². The molecule has 0 amide bonds. The van der Waals surface area contributed by atoms with Crippen molar-refractivity contribution in [3.8, 4) is 11.4 Å². The van der Waals surface area contributed by atoms with Crippen molar-refractivity contribution in [2.24, 2.45) is 0 Å². The van der Waals surface area contributed by atoms with Crippen LogP contribution in [0.2, 0.25) is 0 Å². The molecule has 0 bridgehead atoms. The largest absolute Gasteiger partial charge is 0.369 e. The van der Waals surface area contributed by atoms with Gasteiger partial charge in [0.25, 0.3) is 0 Å². The van der Waals surface area contributed by atoms with Crippen LogP contribution in [0.4, 0.5) is 5.82 Å². The highest BCUT2D eigenvalue weighted by atomic mass is 79.9. The maximum atomic E-state index is 4.50. The summed E-state index contributed by atoms with van der Waals surface area (Å²) in [7, 11) is 0. The van der Waals surface area contributed by atoms with Gasteiger partial charge in [-0.15, -0.1) is 0 Å². The second-order valence-electron chi connectivity index (χ2n) is 3.56. The lowest BCUT2D eigenvalue weighted by molar-refractivity contribution is 1.06. The summed E-state index contributed by atoms with van der Waals surface area (Å²) >= 11 is 3.49. The molecule has 2 aromatic heterocycles. The van der Waals surface area contributed by atoms with Crippen LogP contribution in [0.15, 0.2) is 29.0 Å². The van der Waals surface area contributed by atoms with Gasteiger partial charge in [-0.3, -0.25) is 4.98 Å². The number of pyridine rings is 1. The van der Waals surface area contributed by atoms with Crippen molar-refractivity contribution >= 4 is 21.7 Å². The normalized spacial score (nSPS) is 10.3. The van der Waals surface area contributed by atoms with Gasteiger partial charge in [-0.1, -0.05) is 0 Å². The summed E-state index contributed by atoms with van der Waals surface area (Å²) in [6.07, 6.45) is 3.48. The summed E-state index contributed by atoms with van der Waals surface area (Å²) in [5.41, 5.74) is 1.89. The van der Waals surface area contributed by atoms with E-state index in [0.29, 0.717) is 5.82 Å². The van der Waals surface area contributed by atoms with Gasteiger partial charge in [0.2, 0.25) is 0 Å². The van der Waals surface area contributed by atoms with Crippen molar-refractivity contribution in [2.75, 3.05) is 11.9 Å². The Morgan fingerprint density at radius 1 is 1.24 bits per heavy atom. The second-order valence-corrected chi connectivity index (χ2v) is 4.35. The van der Waals surface area contributed by atoms with Crippen LogP contribution in [0.5, 0.6) is 0 Å². The Hall–Kier alpha value is -1.49. The zero-order chi connectivity index (χ0) is 12.3. The fourth-order valence-electron chi connectivity index (χ4n) is 1.47. The number of hydrogen-bond acceptors (Lipinski definition) is 4. The summed E-state index contributed by atoms with van der Waals surface area (Å²) in [4.78, 5) is 12.9. The standard InChI is InChI=1S/C12H13BrN4/c1-3-15-12-10(13)8(2)16-11(17-12)9-4-6-14-7-5-9/h4-7H,3H2,1-2H3,(H,15,16,17). The monoisotopic (exact) mass is 292 g/mol. The molecule has 0 aliphatic carbocycles. The molecule has 0 fully saturated rings. The van der Waals surface area contributed by atoms with E-state index in [0.717, 1.165) is 28.1 Å². The molecule has 17 heavy (non-hydrogen) atoms. The zero-order valence-electron chi connectivity index (χ0n) is 9.74. The summed E-state index contributed by atoms with van der Waals surface area (Å²) in [5, 5.41) is 3.21. The molecule has 2 rings (SSSR count). The number of aryl methyl sites for hydroxylation is 1. The minimum atomic E-state index is 0.712. The van der Waals surface area contributed by atoms with E-state index in [-0.39, 0.29) is 0 Å². The van der Waals surface area contributed by atoms with Crippen molar-refractivity contribution in [3.63, 3.8) is 0 Å². The summed E-state index contributed by atoms with van der Waals surface area (Å²) in [6, 6.07) is 3.80. The first kappa shape index (κ1) is 12.0. The third-order valence-corrected chi connectivity index (χ3v) is 3.25. The Morgan fingerprint density at radius 2 is 1.94 bits per heavy atom. The van der Waals surface area contributed by atoms with Gasteiger partial charge in [-0.2, -0.15) is 0 Å². The number of rotatable bonds is 3. The van der Waals surface area contributed by atoms with Crippen LogP contribution < -0.4 is 5.32 Å². The van der Waals surface area contributed by atoms with Crippen molar-refractivity contribution in [3.05, 3.63) is 34.7 Å². The predicted molar refractivity (Wildman–Crippen MR) is 71.9 cm³/mol. The SMILES string of the molecule is CCNc1nc(-c2ccncc2)nc(C)c1Br. The Morgan fingerprint density at radius 3 is 2.59 bits per heavy atom. The maximum Gasteiger partial charge on any atom is 0.161 e. The molecule has 0 aliphatic heterocycles. The van der Waals surface area contributed by atoms with E-state index in [9.17, 15) is 0 Å². The van der Waals surface area contributed by atoms with Gasteiger partial charge in [-0.05, 0) is 41.9 Å². The van der Waals surface area contributed by atoms with Crippen LogP contribution >= 0.6 is 15.9 Å². The minimum Gasteiger partial charge on any atom is -0.369 e. The number of halogens is 1. The molecule has 88 valence electrons. The Kier molecular flexibility index (Phi) is 3.68. The predicted octanol–water partition coefficient (Wildman–Crippen LogP) is 3.04. The number of hydrogen-bond donors (Lipinski definition) is 1. The van der Waals surface area contributed by atoms with Crippen molar-refractivity contribution in [2.45, 2.75) is 13.8 Å². The number of anilines is 1. The van der Waals surface area contributed by atoms with E-state index >= 15 is 0 Å². The van der Waals surface area contributed by atoms with E-state index in [1.807, 2.05) is 26.0 Å². The van der Waals surface area contributed by atoms with Crippen LogP contribution in [0.1, 0.15) is 12.6 Å². The first-order chi connectivity index (χ1) is 8.22. The fraction of sp³-hybridized carbons (Fsp3) is 0.250. The topological polar surface area (TPSA) is 50.7 Å². The summed E-state index contributed by atoms with van der Waals surface area (Å²) in [5.74, 6) is 1.54. The van der Waals surface area contributed by atoms with E-state index < -0.39 is 0 Å². The Bertz CT molecular complexity index is 513. The average molecular weight is 293 g/mol. The molecule has 1 N–H and O–H groups in total. The van der Waals surface area contributed by atoms with E-state index in [2.05, 4.69) is 36.2 Å². The van der Waals surface area contributed by atoms with Crippen molar-refractivity contribution in [1.29, 1.82) is 0 Å². The van der Waals surface area contributed by atoms with E-state index in [1.165, 1.54) is 0 Å². The molecular formula is C12H13BrN4. The molecule has 0 saturated carbocycles.